The molecule has 2 aromatic rings. The summed E-state index contributed by atoms with van der Waals surface area (Å²) in [6.07, 6.45) is 0. The Kier molecular flexibility index (Phi) is 7.49. The zero-order valence-electron chi connectivity index (χ0n) is 18.7. The van der Waals surface area contributed by atoms with Crippen LogP contribution < -0.4 is 10.2 Å². The SMILES string of the molecule is CCN(C(=O)N[C@H](C)c1ccc(N2CCN(C)CC2)c(F)c1)[C@@H](C)c1ccc(F)cc1. The molecule has 168 valence electrons. The first-order valence-electron chi connectivity index (χ1n) is 10.9. The van der Waals surface area contributed by atoms with Crippen molar-refractivity contribution in [2.75, 3.05) is 44.7 Å². The van der Waals surface area contributed by atoms with E-state index in [-0.39, 0.29) is 29.7 Å². The van der Waals surface area contributed by atoms with Crippen LogP contribution in [0.2, 0.25) is 0 Å². The van der Waals surface area contributed by atoms with E-state index in [2.05, 4.69) is 22.2 Å². The Balaban J connectivity index is 1.66. The maximum atomic E-state index is 14.8. The van der Waals surface area contributed by atoms with Crippen molar-refractivity contribution in [2.45, 2.75) is 32.9 Å². The van der Waals surface area contributed by atoms with Crippen LogP contribution in [0.1, 0.15) is 44.0 Å². The molecule has 2 aromatic carbocycles. The normalized spacial score (nSPS) is 16.6. The van der Waals surface area contributed by atoms with Crippen LogP contribution in [-0.4, -0.2) is 55.6 Å². The van der Waals surface area contributed by atoms with E-state index in [1.54, 1.807) is 23.1 Å². The van der Waals surface area contributed by atoms with Crippen LogP contribution in [0.25, 0.3) is 0 Å². The highest BCUT2D eigenvalue weighted by Crippen LogP contribution is 2.26. The van der Waals surface area contributed by atoms with Crippen LogP contribution in [0.3, 0.4) is 0 Å². The van der Waals surface area contributed by atoms with Crippen LogP contribution in [0.4, 0.5) is 19.3 Å². The lowest BCUT2D eigenvalue weighted by atomic mass is 10.1. The van der Waals surface area contributed by atoms with E-state index in [1.165, 1.54) is 18.2 Å². The summed E-state index contributed by atoms with van der Waals surface area (Å²) >= 11 is 0. The molecule has 0 unspecified atom stereocenters. The summed E-state index contributed by atoms with van der Waals surface area (Å²) in [5, 5.41) is 2.97. The predicted molar refractivity (Wildman–Crippen MR) is 120 cm³/mol. The Morgan fingerprint density at radius 3 is 2.23 bits per heavy atom. The van der Waals surface area contributed by atoms with Gasteiger partial charge in [-0.1, -0.05) is 18.2 Å². The summed E-state index contributed by atoms with van der Waals surface area (Å²) in [5.74, 6) is -0.575. The standard InChI is InChI=1S/C24H32F2N4O/c1-5-30(18(3)19-6-9-21(25)10-7-19)24(31)27-17(2)20-8-11-23(22(26)16-20)29-14-12-28(4)13-15-29/h6-11,16-18H,5,12-15H2,1-4H3,(H,27,31)/t17-,18+/m1/s1. The molecule has 1 fully saturated rings. The first-order valence-corrected chi connectivity index (χ1v) is 10.9. The maximum absolute atomic E-state index is 14.8. The van der Waals surface area contributed by atoms with E-state index in [0.717, 1.165) is 31.7 Å². The van der Waals surface area contributed by atoms with Crippen LogP contribution in [0, 0.1) is 11.6 Å². The molecule has 5 nitrogen and oxygen atoms in total. The van der Waals surface area contributed by atoms with Crippen LogP contribution >= 0.6 is 0 Å². The first-order chi connectivity index (χ1) is 14.8. The average molecular weight is 431 g/mol. The van der Waals surface area contributed by atoms with Crippen LogP contribution in [0.15, 0.2) is 42.5 Å². The molecule has 0 aliphatic carbocycles. The summed E-state index contributed by atoms with van der Waals surface area (Å²) in [7, 11) is 2.07. The third-order valence-electron chi connectivity index (χ3n) is 6.08. The van der Waals surface area contributed by atoms with E-state index in [4.69, 9.17) is 0 Å². The van der Waals surface area contributed by atoms with Crippen molar-refractivity contribution in [2.24, 2.45) is 0 Å². The number of hydrogen-bond donors (Lipinski definition) is 1. The Morgan fingerprint density at radius 2 is 1.65 bits per heavy atom. The Hall–Kier alpha value is -2.67. The lowest BCUT2D eigenvalue weighted by molar-refractivity contribution is 0.179. The minimum atomic E-state index is -0.349. The molecule has 0 spiro atoms. The molecule has 2 atom stereocenters. The molecule has 1 saturated heterocycles. The van der Waals surface area contributed by atoms with Gasteiger partial charge < -0.3 is 20.0 Å². The fraction of sp³-hybridized carbons (Fsp3) is 0.458. The molecule has 31 heavy (non-hydrogen) atoms. The second-order valence-corrected chi connectivity index (χ2v) is 8.19. The smallest absolute Gasteiger partial charge is 0.318 e. The van der Waals surface area contributed by atoms with Gasteiger partial charge in [0.05, 0.1) is 17.8 Å². The highest BCUT2D eigenvalue weighted by molar-refractivity contribution is 5.75. The fourth-order valence-electron chi connectivity index (χ4n) is 3.96. The van der Waals surface area contributed by atoms with Gasteiger partial charge in [0, 0.05) is 32.7 Å². The molecule has 1 aliphatic rings. The topological polar surface area (TPSA) is 38.8 Å². The molecule has 3 rings (SSSR count). The van der Waals surface area contributed by atoms with Gasteiger partial charge in [0.25, 0.3) is 0 Å². The number of hydrogen-bond acceptors (Lipinski definition) is 3. The number of nitrogens with one attached hydrogen (secondary N) is 1. The van der Waals surface area contributed by atoms with Crippen molar-refractivity contribution in [1.29, 1.82) is 0 Å². The molecule has 0 bridgehead atoms. The van der Waals surface area contributed by atoms with Gasteiger partial charge in [-0.3, -0.25) is 0 Å². The molecule has 0 radical (unpaired) electrons. The molecular weight excluding hydrogens is 398 g/mol. The Morgan fingerprint density at radius 1 is 1.03 bits per heavy atom. The molecule has 7 heteroatoms. The Labute approximate surface area is 183 Å². The van der Waals surface area contributed by atoms with Crippen molar-refractivity contribution in [3.8, 4) is 0 Å². The zero-order chi connectivity index (χ0) is 22.5. The molecular formula is C24H32F2N4O. The van der Waals surface area contributed by atoms with Gasteiger partial charge >= 0.3 is 6.03 Å². The molecule has 1 heterocycles. The summed E-state index contributed by atoms with van der Waals surface area (Å²) < 4.78 is 28.0. The molecule has 2 amide bonds. The van der Waals surface area contributed by atoms with E-state index < -0.39 is 0 Å². The Bertz CT molecular complexity index is 882. The van der Waals surface area contributed by atoms with Crippen LogP contribution in [0.5, 0.6) is 0 Å². The van der Waals surface area contributed by atoms with Crippen molar-refractivity contribution in [3.63, 3.8) is 0 Å². The molecule has 0 saturated carbocycles. The number of benzene rings is 2. The lowest BCUT2D eigenvalue weighted by Gasteiger charge is -2.34. The van der Waals surface area contributed by atoms with E-state index in [9.17, 15) is 13.6 Å². The number of rotatable bonds is 6. The number of likely N-dealkylation sites (N-methyl/N-ethyl adjacent to an activating group) is 1. The molecule has 1 N–H and O–H groups in total. The van der Waals surface area contributed by atoms with Gasteiger partial charge in [-0.25, -0.2) is 13.6 Å². The van der Waals surface area contributed by atoms with Gasteiger partial charge in [0.2, 0.25) is 0 Å². The number of nitrogens with zero attached hydrogens (tertiary/aromatic N) is 3. The number of anilines is 1. The van der Waals surface area contributed by atoms with Gasteiger partial charge in [-0.05, 0) is 63.2 Å². The predicted octanol–water partition coefficient (Wildman–Crippen LogP) is 4.57. The van der Waals surface area contributed by atoms with Crippen molar-refractivity contribution >= 4 is 11.7 Å². The number of amides is 2. The van der Waals surface area contributed by atoms with E-state index >= 15 is 0 Å². The number of carbonyl (C=O) groups excluding carboxylic acids is 1. The highest BCUT2D eigenvalue weighted by atomic mass is 19.1. The monoisotopic (exact) mass is 430 g/mol. The summed E-state index contributed by atoms with van der Waals surface area (Å²) in [6.45, 7) is 9.56. The number of halogens is 2. The molecule has 0 aromatic heterocycles. The van der Waals surface area contributed by atoms with E-state index in [0.29, 0.717) is 17.8 Å². The second kappa shape index (κ2) is 10.1. The maximum Gasteiger partial charge on any atom is 0.318 e. The number of urea groups is 1. The summed E-state index contributed by atoms with van der Waals surface area (Å²) in [6, 6.07) is 10.5. The lowest BCUT2D eigenvalue weighted by Crippen LogP contribution is -2.44. The van der Waals surface area contributed by atoms with Crippen molar-refractivity contribution < 1.29 is 13.6 Å². The van der Waals surface area contributed by atoms with Gasteiger partial charge in [0.1, 0.15) is 11.6 Å². The third-order valence-corrected chi connectivity index (χ3v) is 6.08. The minimum Gasteiger partial charge on any atom is -0.367 e. The largest absolute Gasteiger partial charge is 0.367 e. The highest BCUT2D eigenvalue weighted by Gasteiger charge is 2.23. The minimum absolute atomic E-state index is 0.214. The van der Waals surface area contributed by atoms with Crippen molar-refractivity contribution in [1.82, 2.24) is 15.1 Å². The number of carbonyl (C=O) groups is 1. The first kappa shape index (κ1) is 23.0. The molecule has 1 aliphatic heterocycles. The van der Waals surface area contributed by atoms with Gasteiger partial charge in [-0.15, -0.1) is 0 Å². The zero-order valence-corrected chi connectivity index (χ0v) is 18.7. The summed E-state index contributed by atoms with van der Waals surface area (Å²) in [4.78, 5) is 18.9. The van der Waals surface area contributed by atoms with Crippen molar-refractivity contribution in [3.05, 3.63) is 65.2 Å². The van der Waals surface area contributed by atoms with Gasteiger partial charge in [0.15, 0.2) is 0 Å². The quantitative estimate of drug-likeness (QED) is 0.730. The number of piperazine rings is 1. The fourth-order valence-corrected chi connectivity index (χ4v) is 3.96. The third kappa shape index (κ3) is 5.53. The summed E-state index contributed by atoms with van der Waals surface area (Å²) in [5.41, 5.74) is 2.18. The second-order valence-electron chi connectivity index (χ2n) is 8.19. The van der Waals surface area contributed by atoms with E-state index in [1.807, 2.05) is 26.8 Å². The average Bonchev–Trinajstić information content (AvgIpc) is 2.75. The van der Waals surface area contributed by atoms with Gasteiger partial charge in [-0.2, -0.15) is 0 Å². The van der Waals surface area contributed by atoms with Crippen LogP contribution in [-0.2, 0) is 0 Å².